The summed E-state index contributed by atoms with van der Waals surface area (Å²) in [6.45, 7) is 1.42. The molecule has 0 aromatic heterocycles. The van der Waals surface area contributed by atoms with Gasteiger partial charge in [-0.1, -0.05) is 0 Å². The predicted octanol–water partition coefficient (Wildman–Crippen LogP) is -1.68. The van der Waals surface area contributed by atoms with Gasteiger partial charge in [0.15, 0.2) is 6.10 Å². The van der Waals surface area contributed by atoms with Crippen molar-refractivity contribution in [2.24, 2.45) is 5.73 Å². The van der Waals surface area contributed by atoms with Crippen LogP contribution in [0.2, 0.25) is 0 Å². The molecule has 6 N–H and O–H groups in total. The Morgan fingerprint density at radius 2 is 1.47 bits per heavy atom. The molecule has 0 aliphatic carbocycles. The monoisotopic (exact) mass is 223 g/mol. The van der Waals surface area contributed by atoms with E-state index < -0.39 is 36.5 Å². The topological polar surface area (TPSA) is 158 Å². The van der Waals surface area contributed by atoms with E-state index >= 15 is 0 Å². The van der Waals surface area contributed by atoms with E-state index in [9.17, 15) is 14.4 Å². The number of aliphatic hydroxyl groups excluding tert-OH is 1. The lowest BCUT2D eigenvalue weighted by atomic mass is 10.3. The number of aliphatic hydroxyl groups is 1. The number of carboxylic acids is 3. The van der Waals surface area contributed by atoms with Gasteiger partial charge in [0.05, 0.1) is 6.42 Å². The first-order chi connectivity index (χ1) is 6.68. The Balaban J connectivity index is 0. The van der Waals surface area contributed by atoms with Crippen LogP contribution in [0.5, 0.6) is 0 Å². The fourth-order valence-electron chi connectivity index (χ4n) is 0.253. The molecule has 0 aromatic rings. The lowest BCUT2D eigenvalue weighted by Gasteiger charge is -1.97. The summed E-state index contributed by atoms with van der Waals surface area (Å²) >= 11 is 0. The molecule has 2 atom stereocenters. The van der Waals surface area contributed by atoms with Crippen LogP contribution in [0.25, 0.3) is 0 Å². The summed E-state index contributed by atoms with van der Waals surface area (Å²) < 4.78 is 0. The van der Waals surface area contributed by atoms with Gasteiger partial charge in [0.2, 0.25) is 0 Å². The zero-order valence-corrected chi connectivity index (χ0v) is 7.95. The van der Waals surface area contributed by atoms with Crippen LogP contribution in [0.4, 0.5) is 0 Å². The van der Waals surface area contributed by atoms with Crippen LogP contribution in [0.15, 0.2) is 0 Å². The highest BCUT2D eigenvalue weighted by molar-refractivity contribution is 5.79. The fourth-order valence-corrected chi connectivity index (χ4v) is 0.253. The molecule has 0 bridgehead atoms. The van der Waals surface area contributed by atoms with Crippen LogP contribution in [0, 0.1) is 0 Å². The van der Waals surface area contributed by atoms with E-state index in [2.05, 4.69) is 0 Å². The molecule has 0 aliphatic rings. The summed E-state index contributed by atoms with van der Waals surface area (Å²) in [5.74, 6) is -3.81. The van der Waals surface area contributed by atoms with Crippen molar-refractivity contribution in [3.05, 3.63) is 0 Å². The summed E-state index contributed by atoms with van der Waals surface area (Å²) in [7, 11) is 0. The first kappa shape index (κ1) is 15.8. The molecule has 0 rings (SSSR count). The van der Waals surface area contributed by atoms with Crippen molar-refractivity contribution in [2.45, 2.75) is 25.5 Å². The molecule has 8 nitrogen and oxygen atoms in total. The molecule has 0 amide bonds. The zero-order chi connectivity index (χ0) is 12.6. The molecule has 1 unspecified atom stereocenters. The van der Waals surface area contributed by atoms with Crippen molar-refractivity contribution in [3.63, 3.8) is 0 Å². The number of nitrogens with two attached hydrogens (primary N) is 1. The van der Waals surface area contributed by atoms with Crippen molar-refractivity contribution in [1.29, 1.82) is 0 Å². The van der Waals surface area contributed by atoms with E-state index in [1.807, 2.05) is 0 Å². The molecule has 15 heavy (non-hydrogen) atoms. The smallest absolute Gasteiger partial charge is 0.333 e. The first-order valence-electron chi connectivity index (χ1n) is 3.79. The van der Waals surface area contributed by atoms with Gasteiger partial charge in [0.25, 0.3) is 0 Å². The van der Waals surface area contributed by atoms with Gasteiger partial charge in [-0.15, -0.1) is 0 Å². The average Bonchev–Trinajstić information content (AvgIpc) is 2.03. The predicted molar refractivity (Wildman–Crippen MR) is 47.2 cm³/mol. The Morgan fingerprint density at radius 1 is 1.13 bits per heavy atom. The van der Waals surface area contributed by atoms with E-state index in [1.165, 1.54) is 6.92 Å². The molecule has 0 aliphatic heterocycles. The summed E-state index contributed by atoms with van der Waals surface area (Å²) in [6.07, 6.45) is -2.54. The minimum Gasteiger partial charge on any atom is -0.481 e. The maximum Gasteiger partial charge on any atom is 0.333 e. The summed E-state index contributed by atoms with van der Waals surface area (Å²) in [4.78, 5) is 29.0. The van der Waals surface area contributed by atoms with Gasteiger partial charge in [-0.25, -0.2) is 4.79 Å². The minimum absolute atomic E-state index is 0.731. The molecule has 0 spiro atoms. The third-order valence-corrected chi connectivity index (χ3v) is 1.04. The van der Waals surface area contributed by atoms with Crippen molar-refractivity contribution >= 4 is 17.9 Å². The number of hydrogen-bond donors (Lipinski definition) is 5. The maximum atomic E-state index is 9.72. The highest BCUT2D eigenvalue weighted by Crippen LogP contribution is 1.89. The number of aliphatic carboxylic acids is 3. The summed E-state index contributed by atoms with van der Waals surface area (Å²) in [6, 6.07) is -0.731. The van der Waals surface area contributed by atoms with Gasteiger partial charge in [-0.2, -0.15) is 0 Å². The van der Waals surface area contributed by atoms with E-state index in [0.717, 1.165) is 0 Å². The third kappa shape index (κ3) is 12.3. The second-order valence-electron chi connectivity index (χ2n) is 2.58. The molecule has 0 saturated heterocycles. The van der Waals surface area contributed by atoms with E-state index in [1.54, 1.807) is 0 Å². The third-order valence-electron chi connectivity index (χ3n) is 1.04. The van der Waals surface area contributed by atoms with Crippen LogP contribution < -0.4 is 5.73 Å². The molecule has 0 saturated carbocycles. The second kappa shape index (κ2) is 7.71. The largest absolute Gasteiger partial charge is 0.481 e. The molecule has 0 radical (unpaired) electrons. The van der Waals surface area contributed by atoms with Crippen molar-refractivity contribution in [3.8, 4) is 0 Å². The summed E-state index contributed by atoms with van der Waals surface area (Å²) in [5, 5.41) is 32.0. The fraction of sp³-hybridized carbons (Fsp3) is 0.571. The molecule has 88 valence electrons. The Hall–Kier alpha value is -1.67. The minimum atomic E-state index is -1.79. The van der Waals surface area contributed by atoms with Gasteiger partial charge in [-0.3, -0.25) is 9.59 Å². The van der Waals surface area contributed by atoms with Gasteiger partial charge >= 0.3 is 17.9 Å². The average molecular weight is 223 g/mol. The lowest BCUT2D eigenvalue weighted by Crippen LogP contribution is -2.25. The summed E-state index contributed by atoms with van der Waals surface area (Å²) in [5.41, 5.74) is 4.84. The Kier molecular flexibility index (Phi) is 8.11. The molecule has 8 heteroatoms. The van der Waals surface area contributed by atoms with Gasteiger partial charge < -0.3 is 26.2 Å². The van der Waals surface area contributed by atoms with E-state index in [4.69, 9.17) is 26.2 Å². The number of carbonyl (C=O) groups is 3. The molecule has 0 fully saturated rings. The highest BCUT2D eigenvalue weighted by atomic mass is 16.4. The second-order valence-corrected chi connectivity index (χ2v) is 2.58. The number of rotatable bonds is 4. The Labute approximate surface area is 84.9 Å². The van der Waals surface area contributed by atoms with Gasteiger partial charge in [0, 0.05) is 0 Å². The van der Waals surface area contributed by atoms with Crippen LogP contribution in [-0.4, -0.2) is 50.5 Å². The van der Waals surface area contributed by atoms with Crippen molar-refractivity contribution in [1.82, 2.24) is 0 Å². The standard InChI is InChI=1S/C4H6O5.C3H7NO2/c5-2(4(8)9)1-3(6)7;1-2(4)3(5)6/h2,5H,1H2,(H,6,7)(H,8,9);2H,4H2,1H3,(H,5,6)/t;2-/m.0/s1. The lowest BCUT2D eigenvalue weighted by molar-refractivity contribution is -0.152. The molecular formula is C7H13NO7. The van der Waals surface area contributed by atoms with E-state index in [0.29, 0.717) is 0 Å². The maximum absolute atomic E-state index is 9.72. The van der Waals surface area contributed by atoms with Gasteiger partial charge in [-0.05, 0) is 6.92 Å². The van der Waals surface area contributed by atoms with Gasteiger partial charge in [0.1, 0.15) is 6.04 Å². The van der Waals surface area contributed by atoms with Crippen LogP contribution in [-0.2, 0) is 14.4 Å². The quantitative estimate of drug-likeness (QED) is 0.378. The van der Waals surface area contributed by atoms with Crippen LogP contribution >= 0.6 is 0 Å². The normalized spacial score (nSPS) is 13.0. The number of carboxylic acid groups (broad SMARTS) is 3. The van der Waals surface area contributed by atoms with E-state index in [-0.39, 0.29) is 0 Å². The Bertz CT molecular complexity index is 237. The molecule has 0 heterocycles. The van der Waals surface area contributed by atoms with Crippen molar-refractivity contribution in [2.75, 3.05) is 0 Å². The van der Waals surface area contributed by atoms with Crippen molar-refractivity contribution < 1.29 is 34.8 Å². The number of hydrogen-bond acceptors (Lipinski definition) is 5. The Morgan fingerprint density at radius 3 is 1.53 bits per heavy atom. The zero-order valence-electron chi connectivity index (χ0n) is 7.95. The first-order valence-corrected chi connectivity index (χ1v) is 3.79. The molecular weight excluding hydrogens is 210 g/mol. The van der Waals surface area contributed by atoms with Crippen LogP contribution in [0.3, 0.4) is 0 Å². The molecule has 0 aromatic carbocycles. The van der Waals surface area contributed by atoms with Crippen LogP contribution in [0.1, 0.15) is 13.3 Å². The SMILES string of the molecule is C[C@H](N)C(=O)O.O=C(O)CC(O)C(=O)O. The highest BCUT2D eigenvalue weighted by Gasteiger charge is 2.16.